The highest BCUT2D eigenvalue weighted by Gasteiger charge is 2.40. The van der Waals surface area contributed by atoms with Crippen LogP contribution in [0.5, 0.6) is 5.75 Å². The van der Waals surface area contributed by atoms with Crippen molar-refractivity contribution in [2.75, 3.05) is 32.7 Å². The lowest BCUT2D eigenvalue weighted by atomic mass is 10.1. The zero-order chi connectivity index (χ0) is 17.1. The summed E-state index contributed by atoms with van der Waals surface area (Å²) in [6.45, 7) is 4.07. The summed E-state index contributed by atoms with van der Waals surface area (Å²) in [5, 5.41) is 2.62. The van der Waals surface area contributed by atoms with Crippen molar-refractivity contribution < 1.29 is 22.7 Å². The van der Waals surface area contributed by atoms with E-state index >= 15 is 0 Å². The van der Waals surface area contributed by atoms with Gasteiger partial charge in [-0.2, -0.15) is 4.31 Å². The van der Waals surface area contributed by atoms with Gasteiger partial charge in [-0.3, -0.25) is 4.79 Å². The maximum atomic E-state index is 12.3. The molecule has 1 aliphatic heterocycles. The van der Waals surface area contributed by atoms with Gasteiger partial charge in [0.05, 0.1) is 25.0 Å². The lowest BCUT2D eigenvalue weighted by Crippen LogP contribution is -2.46. The fraction of sp³-hybridized carbons (Fsp3) is 0.533. The Morgan fingerprint density at radius 2 is 2.17 bits per heavy atom. The Kier molecular flexibility index (Phi) is 5.28. The highest BCUT2D eigenvalue weighted by Crippen LogP contribution is 2.25. The minimum absolute atomic E-state index is 0.0327. The lowest BCUT2D eigenvalue weighted by Gasteiger charge is -2.28. The molecule has 0 atom stereocenters. The number of carbonyl (C=O) groups is 1. The van der Waals surface area contributed by atoms with E-state index in [9.17, 15) is 13.2 Å². The zero-order valence-electron chi connectivity index (χ0n) is 13.5. The van der Waals surface area contributed by atoms with E-state index in [1.807, 2.05) is 13.8 Å². The summed E-state index contributed by atoms with van der Waals surface area (Å²) in [6.07, 6.45) is 0. The van der Waals surface area contributed by atoms with Gasteiger partial charge in [-0.25, -0.2) is 8.42 Å². The SMILES string of the molecule is COc1cccc(C(=O)NCCS(=O)(=O)N2COCC2(C)C)c1. The van der Waals surface area contributed by atoms with Crippen molar-refractivity contribution in [2.24, 2.45) is 0 Å². The van der Waals surface area contributed by atoms with Gasteiger partial charge in [-0.05, 0) is 32.0 Å². The highest BCUT2D eigenvalue weighted by atomic mass is 32.2. The Labute approximate surface area is 136 Å². The van der Waals surface area contributed by atoms with Gasteiger partial charge in [-0.1, -0.05) is 6.07 Å². The van der Waals surface area contributed by atoms with Crippen LogP contribution in [0.25, 0.3) is 0 Å². The Hall–Kier alpha value is -1.64. The minimum Gasteiger partial charge on any atom is -0.497 e. The van der Waals surface area contributed by atoms with E-state index in [0.717, 1.165) is 0 Å². The molecule has 1 saturated heterocycles. The molecule has 128 valence electrons. The van der Waals surface area contributed by atoms with Crippen LogP contribution in [0.3, 0.4) is 0 Å². The molecule has 0 radical (unpaired) electrons. The predicted molar refractivity (Wildman–Crippen MR) is 85.9 cm³/mol. The number of benzene rings is 1. The second-order valence-corrected chi connectivity index (χ2v) is 7.96. The van der Waals surface area contributed by atoms with Crippen LogP contribution in [0.4, 0.5) is 0 Å². The first-order valence-electron chi connectivity index (χ1n) is 7.27. The smallest absolute Gasteiger partial charge is 0.251 e. The molecule has 1 amide bonds. The highest BCUT2D eigenvalue weighted by molar-refractivity contribution is 7.89. The number of sulfonamides is 1. The van der Waals surface area contributed by atoms with Crippen LogP contribution in [0.15, 0.2) is 24.3 Å². The molecule has 0 unspecified atom stereocenters. The van der Waals surface area contributed by atoms with E-state index in [0.29, 0.717) is 17.9 Å². The van der Waals surface area contributed by atoms with Gasteiger partial charge in [0.1, 0.15) is 12.5 Å². The second kappa shape index (κ2) is 6.86. The van der Waals surface area contributed by atoms with Crippen LogP contribution < -0.4 is 10.1 Å². The number of nitrogens with one attached hydrogen (secondary N) is 1. The van der Waals surface area contributed by atoms with E-state index < -0.39 is 15.6 Å². The molecule has 0 saturated carbocycles. The van der Waals surface area contributed by atoms with Crippen molar-refractivity contribution in [3.8, 4) is 5.75 Å². The molecule has 1 fully saturated rings. The number of hydrogen-bond acceptors (Lipinski definition) is 5. The molecule has 1 aliphatic rings. The van der Waals surface area contributed by atoms with Crippen molar-refractivity contribution in [2.45, 2.75) is 19.4 Å². The molecule has 1 aromatic carbocycles. The number of ether oxygens (including phenoxy) is 2. The fourth-order valence-electron chi connectivity index (χ4n) is 2.35. The van der Waals surface area contributed by atoms with Gasteiger partial charge in [-0.15, -0.1) is 0 Å². The van der Waals surface area contributed by atoms with Gasteiger partial charge < -0.3 is 14.8 Å². The number of carbonyl (C=O) groups excluding carboxylic acids is 1. The van der Waals surface area contributed by atoms with E-state index in [1.165, 1.54) is 11.4 Å². The summed E-state index contributed by atoms with van der Waals surface area (Å²) >= 11 is 0. The number of hydrogen-bond donors (Lipinski definition) is 1. The first-order valence-corrected chi connectivity index (χ1v) is 8.88. The third-order valence-corrected chi connectivity index (χ3v) is 5.64. The average Bonchev–Trinajstić information content (AvgIpc) is 2.87. The van der Waals surface area contributed by atoms with Gasteiger partial charge in [0.15, 0.2) is 0 Å². The van der Waals surface area contributed by atoms with E-state index in [4.69, 9.17) is 9.47 Å². The summed E-state index contributed by atoms with van der Waals surface area (Å²) in [7, 11) is -1.97. The molecule has 8 heteroatoms. The maximum Gasteiger partial charge on any atom is 0.251 e. The Balaban J connectivity index is 1.92. The topological polar surface area (TPSA) is 84.9 Å². The van der Waals surface area contributed by atoms with Crippen molar-refractivity contribution in [1.29, 1.82) is 0 Å². The Bertz CT molecular complexity index is 672. The molecule has 23 heavy (non-hydrogen) atoms. The molecule has 0 spiro atoms. The quantitative estimate of drug-likeness (QED) is 0.827. The fourth-order valence-corrected chi connectivity index (χ4v) is 3.97. The standard InChI is InChI=1S/C15H22N2O5S/c1-15(2)10-22-11-17(15)23(19,20)8-7-16-14(18)12-5-4-6-13(9-12)21-3/h4-6,9H,7-8,10-11H2,1-3H3,(H,16,18). The number of rotatable bonds is 6. The van der Waals surface area contributed by atoms with Crippen molar-refractivity contribution in [1.82, 2.24) is 9.62 Å². The maximum absolute atomic E-state index is 12.3. The van der Waals surface area contributed by atoms with Gasteiger partial charge in [0, 0.05) is 12.1 Å². The number of nitrogens with zero attached hydrogens (tertiary/aromatic N) is 1. The lowest BCUT2D eigenvalue weighted by molar-refractivity contribution is 0.0955. The third kappa shape index (κ3) is 4.21. The Morgan fingerprint density at radius 3 is 2.78 bits per heavy atom. The predicted octanol–water partition coefficient (Wildman–Crippen LogP) is 0.823. The summed E-state index contributed by atoms with van der Waals surface area (Å²) in [4.78, 5) is 12.0. The number of amides is 1. The first kappa shape index (κ1) is 17.7. The van der Waals surface area contributed by atoms with Crippen LogP contribution >= 0.6 is 0 Å². The average molecular weight is 342 g/mol. The Morgan fingerprint density at radius 1 is 1.43 bits per heavy atom. The molecule has 7 nitrogen and oxygen atoms in total. The summed E-state index contributed by atoms with van der Waals surface area (Å²) in [5.41, 5.74) is -0.137. The summed E-state index contributed by atoms with van der Waals surface area (Å²) in [6, 6.07) is 6.68. The van der Waals surface area contributed by atoms with Crippen molar-refractivity contribution >= 4 is 15.9 Å². The van der Waals surface area contributed by atoms with E-state index in [1.54, 1.807) is 24.3 Å². The van der Waals surface area contributed by atoms with Crippen LogP contribution in [-0.4, -0.2) is 56.9 Å². The largest absolute Gasteiger partial charge is 0.497 e. The zero-order valence-corrected chi connectivity index (χ0v) is 14.4. The molecule has 1 heterocycles. The minimum atomic E-state index is -3.49. The monoisotopic (exact) mass is 342 g/mol. The summed E-state index contributed by atoms with van der Waals surface area (Å²) in [5.74, 6) is 0.0624. The van der Waals surface area contributed by atoms with Gasteiger partial charge >= 0.3 is 0 Å². The van der Waals surface area contributed by atoms with Crippen LogP contribution in [0, 0.1) is 0 Å². The van der Waals surface area contributed by atoms with Gasteiger partial charge in [0.2, 0.25) is 10.0 Å². The molecule has 0 aliphatic carbocycles. The van der Waals surface area contributed by atoms with E-state index in [2.05, 4.69) is 5.32 Å². The molecule has 2 rings (SSSR count). The van der Waals surface area contributed by atoms with Crippen LogP contribution in [0.1, 0.15) is 24.2 Å². The van der Waals surface area contributed by atoms with Crippen molar-refractivity contribution in [3.63, 3.8) is 0 Å². The molecule has 0 aromatic heterocycles. The molecular weight excluding hydrogens is 320 g/mol. The van der Waals surface area contributed by atoms with E-state index in [-0.39, 0.29) is 24.9 Å². The van der Waals surface area contributed by atoms with Gasteiger partial charge in [0.25, 0.3) is 5.91 Å². The molecule has 1 N–H and O–H groups in total. The van der Waals surface area contributed by atoms with Crippen LogP contribution in [-0.2, 0) is 14.8 Å². The second-order valence-electron chi connectivity index (χ2n) is 5.94. The molecular formula is C15H22N2O5S. The van der Waals surface area contributed by atoms with Crippen LogP contribution in [0.2, 0.25) is 0 Å². The first-order chi connectivity index (χ1) is 10.8. The molecule has 0 bridgehead atoms. The normalized spacial score (nSPS) is 17.9. The molecule has 1 aromatic rings. The summed E-state index contributed by atoms with van der Waals surface area (Å²) < 4.78 is 36.3. The van der Waals surface area contributed by atoms with Crippen molar-refractivity contribution in [3.05, 3.63) is 29.8 Å². The third-order valence-electron chi connectivity index (χ3n) is 3.65. The number of methoxy groups -OCH3 is 1.